The maximum absolute atomic E-state index is 12.0. The second-order valence-corrected chi connectivity index (χ2v) is 6.23. The molecule has 0 aliphatic rings. The molecule has 8 nitrogen and oxygen atoms in total. The number of carboxylic acid groups (broad SMARTS) is 1. The Labute approximate surface area is 119 Å². The van der Waals surface area contributed by atoms with Crippen molar-refractivity contribution >= 4 is 33.2 Å². The second-order valence-electron chi connectivity index (χ2n) is 4.14. The predicted molar refractivity (Wildman–Crippen MR) is 70.2 cm³/mol. The van der Waals surface area contributed by atoms with E-state index in [4.69, 9.17) is 16.7 Å². The molecule has 1 atom stereocenters. The highest BCUT2D eigenvalue weighted by atomic mass is 35.5. The number of rotatable bonds is 4. The third-order valence-corrected chi connectivity index (χ3v) is 4.50. The molecule has 0 saturated heterocycles. The summed E-state index contributed by atoms with van der Waals surface area (Å²) in [6, 6.07) is -1.25. The fraction of sp³-hybridized carbons (Fsp3) is 0.300. The lowest BCUT2D eigenvalue weighted by atomic mass is 10.4. The van der Waals surface area contributed by atoms with E-state index < -0.39 is 22.0 Å². The minimum atomic E-state index is -4.00. The van der Waals surface area contributed by atoms with Crippen molar-refractivity contribution in [2.24, 2.45) is 0 Å². The lowest BCUT2D eigenvalue weighted by molar-refractivity contribution is -0.138. The van der Waals surface area contributed by atoms with Gasteiger partial charge in [-0.25, -0.2) is 17.9 Å². The van der Waals surface area contributed by atoms with Gasteiger partial charge in [-0.05, 0) is 13.8 Å². The molecule has 0 amide bonds. The largest absolute Gasteiger partial charge is 0.480 e. The van der Waals surface area contributed by atoms with E-state index in [0.717, 1.165) is 6.20 Å². The molecule has 2 aromatic heterocycles. The van der Waals surface area contributed by atoms with E-state index in [-0.39, 0.29) is 4.90 Å². The lowest BCUT2D eigenvalue weighted by Gasteiger charge is -2.09. The molecule has 2 rings (SSSR count). The molecular weight excluding hydrogens is 308 g/mol. The zero-order valence-corrected chi connectivity index (χ0v) is 12.1. The summed E-state index contributed by atoms with van der Waals surface area (Å²) in [4.78, 5) is 14.4. The summed E-state index contributed by atoms with van der Waals surface area (Å²) in [5, 5.41) is 13.1. The van der Waals surface area contributed by atoms with Crippen LogP contribution in [0.4, 0.5) is 0 Å². The normalized spacial score (nSPS) is 13.6. The first-order valence-electron chi connectivity index (χ1n) is 5.48. The number of aliphatic carboxylic acids is 1. The molecule has 0 aliphatic carbocycles. The Morgan fingerprint density at radius 2 is 2.20 bits per heavy atom. The second kappa shape index (κ2) is 5.00. The molecule has 0 unspecified atom stereocenters. The molecule has 0 radical (unpaired) electrons. The molecular formula is C10H11ClN4O4S. The average molecular weight is 319 g/mol. The summed E-state index contributed by atoms with van der Waals surface area (Å²) >= 11 is 5.95. The number of halogens is 1. The van der Waals surface area contributed by atoms with Gasteiger partial charge < -0.3 is 5.11 Å². The van der Waals surface area contributed by atoms with Crippen LogP contribution in [0.3, 0.4) is 0 Å². The minimum absolute atomic E-state index is 0.197. The van der Waals surface area contributed by atoms with Crippen LogP contribution < -0.4 is 4.72 Å². The smallest absolute Gasteiger partial charge is 0.321 e. The van der Waals surface area contributed by atoms with Gasteiger partial charge in [0.25, 0.3) is 0 Å². The lowest BCUT2D eigenvalue weighted by Crippen LogP contribution is -2.38. The van der Waals surface area contributed by atoms with Gasteiger partial charge in [0, 0.05) is 0 Å². The zero-order valence-electron chi connectivity index (χ0n) is 10.5. The van der Waals surface area contributed by atoms with Crippen molar-refractivity contribution in [1.29, 1.82) is 0 Å². The first-order chi connectivity index (χ1) is 9.22. The molecule has 108 valence electrons. The van der Waals surface area contributed by atoms with E-state index >= 15 is 0 Å². The monoisotopic (exact) mass is 318 g/mol. The Morgan fingerprint density at radius 1 is 1.55 bits per heavy atom. The van der Waals surface area contributed by atoms with Crippen LogP contribution in [-0.2, 0) is 14.8 Å². The molecule has 2 N–H and O–H groups in total. The van der Waals surface area contributed by atoms with Crippen LogP contribution in [0, 0.1) is 6.92 Å². The van der Waals surface area contributed by atoms with E-state index in [2.05, 4.69) is 10.1 Å². The molecule has 2 aromatic rings. The maximum Gasteiger partial charge on any atom is 0.321 e. The Balaban J connectivity index is 2.45. The molecule has 20 heavy (non-hydrogen) atoms. The number of hydrogen-bond donors (Lipinski definition) is 2. The number of fused-ring (bicyclic) bond motifs is 1. The topological polar surface area (TPSA) is 114 Å². The summed E-state index contributed by atoms with van der Waals surface area (Å²) in [7, 11) is -4.00. The number of carbonyl (C=O) groups is 1. The van der Waals surface area contributed by atoms with Gasteiger partial charge in [-0.2, -0.15) is 9.82 Å². The van der Waals surface area contributed by atoms with Crippen LogP contribution in [0.5, 0.6) is 0 Å². The number of carboxylic acids is 1. The number of hydrogen-bond acceptors (Lipinski definition) is 5. The van der Waals surface area contributed by atoms with Crippen LogP contribution >= 0.6 is 11.6 Å². The van der Waals surface area contributed by atoms with Gasteiger partial charge in [0.2, 0.25) is 10.0 Å². The predicted octanol–water partition coefficient (Wildman–Crippen LogP) is 0.443. The van der Waals surface area contributed by atoms with Crippen LogP contribution in [0.15, 0.2) is 17.3 Å². The van der Waals surface area contributed by atoms with Crippen molar-refractivity contribution in [2.75, 3.05) is 0 Å². The van der Waals surface area contributed by atoms with Gasteiger partial charge >= 0.3 is 5.97 Å². The van der Waals surface area contributed by atoms with E-state index in [1.165, 1.54) is 17.6 Å². The highest BCUT2D eigenvalue weighted by Crippen LogP contribution is 2.20. The number of nitrogens with zero attached hydrogens (tertiary/aromatic N) is 3. The highest BCUT2D eigenvalue weighted by Gasteiger charge is 2.23. The van der Waals surface area contributed by atoms with Crippen LogP contribution in [-0.4, -0.2) is 40.1 Å². The third-order valence-electron chi connectivity index (χ3n) is 2.56. The number of aromatic nitrogens is 3. The quantitative estimate of drug-likeness (QED) is 0.845. The molecule has 0 aromatic carbocycles. The number of aryl methyl sites for hydroxylation is 1. The molecule has 10 heteroatoms. The molecule has 2 heterocycles. The fourth-order valence-electron chi connectivity index (χ4n) is 1.49. The van der Waals surface area contributed by atoms with Crippen molar-refractivity contribution in [3.8, 4) is 0 Å². The minimum Gasteiger partial charge on any atom is -0.480 e. The fourth-order valence-corrected chi connectivity index (χ4v) is 2.80. The number of nitrogens with one attached hydrogen (secondary N) is 1. The SMILES string of the molecule is Cc1nn2cc(S(=O)(=O)N[C@H](C)C(=O)O)cnc2c1Cl. The molecule has 0 spiro atoms. The van der Waals surface area contributed by atoms with E-state index in [1.54, 1.807) is 6.92 Å². The molecule has 0 fully saturated rings. The first kappa shape index (κ1) is 14.7. The Bertz CT molecular complexity index is 786. The van der Waals surface area contributed by atoms with E-state index in [9.17, 15) is 13.2 Å². The standard InChI is InChI=1S/C10H11ClN4O4S/c1-5-8(11)9-12-3-7(4-15(9)13-5)20(18,19)14-6(2)10(16)17/h3-4,6,14H,1-2H3,(H,16,17)/t6-/m1/s1. The molecule has 0 saturated carbocycles. The van der Waals surface area contributed by atoms with Crippen LogP contribution in [0.2, 0.25) is 5.02 Å². The summed E-state index contributed by atoms with van der Waals surface area (Å²) in [5.74, 6) is -1.28. The molecule has 0 bridgehead atoms. The highest BCUT2D eigenvalue weighted by molar-refractivity contribution is 7.89. The van der Waals surface area contributed by atoms with Crippen LogP contribution in [0.1, 0.15) is 12.6 Å². The Hall–Kier alpha value is -1.71. The average Bonchev–Trinajstić information content (AvgIpc) is 2.64. The van der Waals surface area contributed by atoms with Gasteiger partial charge in [0.1, 0.15) is 16.0 Å². The third kappa shape index (κ3) is 2.60. The summed E-state index contributed by atoms with van der Waals surface area (Å²) < 4.78 is 27.2. The van der Waals surface area contributed by atoms with Crippen molar-refractivity contribution in [3.05, 3.63) is 23.1 Å². The first-order valence-corrected chi connectivity index (χ1v) is 7.34. The van der Waals surface area contributed by atoms with Gasteiger partial charge in [-0.1, -0.05) is 11.6 Å². The Kier molecular flexibility index (Phi) is 3.67. The van der Waals surface area contributed by atoms with Crippen molar-refractivity contribution < 1.29 is 18.3 Å². The van der Waals surface area contributed by atoms with E-state index in [0.29, 0.717) is 16.4 Å². The van der Waals surface area contributed by atoms with Crippen molar-refractivity contribution in [1.82, 2.24) is 19.3 Å². The summed E-state index contributed by atoms with van der Waals surface area (Å²) in [6.45, 7) is 2.89. The summed E-state index contributed by atoms with van der Waals surface area (Å²) in [6.07, 6.45) is 2.32. The summed E-state index contributed by atoms with van der Waals surface area (Å²) in [5.41, 5.74) is 0.843. The van der Waals surface area contributed by atoms with E-state index in [1.807, 2.05) is 4.72 Å². The van der Waals surface area contributed by atoms with Crippen molar-refractivity contribution in [2.45, 2.75) is 24.8 Å². The van der Waals surface area contributed by atoms with Gasteiger partial charge in [0.05, 0.1) is 18.1 Å². The van der Waals surface area contributed by atoms with Gasteiger partial charge in [0.15, 0.2) is 5.65 Å². The van der Waals surface area contributed by atoms with Gasteiger partial charge in [-0.15, -0.1) is 0 Å². The van der Waals surface area contributed by atoms with Crippen LogP contribution in [0.25, 0.3) is 5.65 Å². The maximum atomic E-state index is 12.0. The zero-order chi connectivity index (χ0) is 15.1. The Morgan fingerprint density at radius 3 is 2.80 bits per heavy atom. The molecule has 0 aliphatic heterocycles. The van der Waals surface area contributed by atoms with Crippen molar-refractivity contribution in [3.63, 3.8) is 0 Å². The number of sulfonamides is 1. The van der Waals surface area contributed by atoms with Gasteiger partial charge in [-0.3, -0.25) is 4.79 Å².